The SMILES string of the molecule is CC1(C)O[C@H]2OC(=O)[C@@H]3OC(C)(C)O[C@]3(CO[Si](C)(C)C(C)(C)C)C[C@H]2O1. The fourth-order valence-electron chi connectivity index (χ4n) is 3.61. The molecule has 7 nitrogen and oxygen atoms in total. The standard InChI is InChI=1S/C19H34O7Si/c1-16(2,3)27(8,9)21-11-19-10-12-15(25-17(4,5)23-12)22-14(20)13(19)24-18(6,7)26-19/h12-13,15H,10-11H2,1-9H3/t12-,13+,15-,19+/m1/s1. The molecular weight excluding hydrogens is 368 g/mol. The summed E-state index contributed by atoms with van der Waals surface area (Å²) in [4.78, 5) is 12.9. The van der Waals surface area contributed by atoms with Gasteiger partial charge < -0.3 is 28.1 Å². The molecule has 0 aromatic carbocycles. The maximum Gasteiger partial charge on any atom is 0.340 e. The second-order valence-corrected chi connectivity index (χ2v) is 15.1. The van der Waals surface area contributed by atoms with Gasteiger partial charge in [-0.15, -0.1) is 0 Å². The van der Waals surface area contributed by atoms with Crippen LogP contribution in [0.5, 0.6) is 0 Å². The largest absolute Gasteiger partial charge is 0.431 e. The molecule has 0 spiro atoms. The summed E-state index contributed by atoms with van der Waals surface area (Å²) >= 11 is 0. The Bertz CT molecular complexity index is 610. The quantitative estimate of drug-likeness (QED) is 0.529. The molecule has 0 bridgehead atoms. The smallest absolute Gasteiger partial charge is 0.340 e. The van der Waals surface area contributed by atoms with Crippen LogP contribution >= 0.6 is 0 Å². The molecule has 3 aliphatic rings. The third-order valence-corrected chi connectivity index (χ3v) is 10.4. The van der Waals surface area contributed by atoms with Crippen LogP contribution in [0.3, 0.4) is 0 Å². The van der Waals surface area contributed by atoms with Gasteiger partial charge in [0.05, 0.1) is 6.61 Å². The van der Waals surface area contributed by atoms with Gasteiger partial charge in [0.1, 0.15) is 11.7 Å². The first kappa shape index (κ1) is 21.2. The summed E-state index contributed by atoms with van der Waals surface area (Å²) in [6, 6.07) is 0. The molecule has 0 radical (unpaired) electrons. The summed E-state index contributed by atoms with van der Waals surface area (Å²) < 4.78 is 36.0. The van der Waals surface area contributed by atoms with E-state index in [2.05, 4.69) is 33.9 Å². The lowest BCUT2D eigenvalue weighted by atomic mass is 9.91. The lowest BCUT2D eigenvalue weighted by Crippen LogP contribution is -2.53. The lowest BCUT2D eigenvalue weighted by molar-refractivity contribution is -0.208. The van der Waals surface area contributed by atoms with Gasteiger partial charge in [-0.05, 0) is 45.8 Å². The van der Waals surface area contributed by atoms with Gasteiger partial charge in [-0.3, -0.25) is 0 Å². The van der Waals surface area contributed by atoms with E-state index in [1.165, 1.54) is 0 Å². The van der Waals surface area contributed by atoms with Gasteiger partial charge in [-0.1, -0.05) is 20.8 Å². The zero-order valence-corrected chi connectivity index (χ0v) is 19.0. The highest BCUT2D eigenvalue weighted by Gasteiger charge is 2.64. The Labute approximate surface area is 163 Å². The first-order valence-electron chi connectivity index (χ1n) is 9.64. The Hall–Kier alpha value is -0.513. The van der Waals surface area contributed by atoms with E-state index in [9.17, 15) is 4.79 Å². The van der Waals surface area contributed by atoms with E-state index in [1.54, 1.807) is 13.8 Å². The van der Waals surface area contributed by atoms with Crippen molar-refractivity contribution in [1.82, 2.24) is 0 Å². The third-order valence-electron chi connectivity index (χ3n) is 5.94. The summed E-state index contributed by atoms with van der Waals surface area (Å²) in [5.74, 6) is -2.23. The van der Waals surface area contributed by atoms with Crippen LogP contribution in [-0.2, 0) is 32.9 Å². The van der Waals surface area contributed by atoms with Crippen LogP contribution in [0.15, 0.2) is 0 Å². The van der Waals surface area contributed by atoms with E-state index in [4.69, 9.17) is 28.1 Å². The molecule has 0 unspecified atom stereocenters. The van der Waals surface area contributed by atoms with Gasteiger partial charge in [0.25, 0.3) is 0 Å². The molecule has 4 atom stereocenters. The minimum Gasteiger partial charge on any atom is -0.431 e. The van der Waals surface area contributed by atoms with Crippen LogP contribution in [0.2, 0.25) is 18.1 Å². The second-order valence-electron chi connectivity index (χ2n) is 10.3. The van der Waals surface area contributed by atoms with Gasteiger partial charge >= 0.3 is 5.97 Å². The Morgan fingerprint density at radius 3 is 2.30 bits per heavy atom. The van der Waals surface area contributed by atoms with Crippen LogP contribution in [0.4, 0.5) is 0 Å². The van der Waals surface area contributed by atoms with Gasteiger partial charge in [-0.25, -0.2) is 4.79 Å². The van der Waals surface area contributed by atoms with Crippen LogP contribution in [0.1, 0.15) is 54.9 Å². The van der Waals surface area contributed by atoms with Crippen LogP contribution in [0.25, 0.3) is 0 Å². The average Bonchev–Trinajstić information content (AvgIpc) is 2.86. The van der Waals surface area contributed by atoms with Crippen molar-refractivity contribution in [1.29, 1.82) is 0 Å². The molecule has 0 aromatic rings. The molecule has 156 valence electrons. The summed E-state index contributed by atoms with van der Waals surface area (Å²) in [6.07, 6.45) is -1.68. The van der Waals surface area contributed by atoms with Gasteiger partial charge in [0.15, 0.2) is 26.0 Å². The van der Waals surface area contributed by atoms with Crippen molar-refractivity contribution < 1.29 is 32.9 Å². The molecule has 0 aromatic heterocycles. The normalized spacial score (nSPS) is 38.1. The van der Waals surface area contributed by atoms with Crippen LogP contribution < -0.4 is 0 Å². The number of carbonyl (C=O) groups is 1. The van der Waals surface area contributed by atoms with E-state index in [0.717, 1.165) is 0 Å². The molecule has 3 rings (SSSR count). The minimum absolute atomic E-state index is 0.0385. The fourth-order valence-corrected chi connectivity index (χ4v) is 4.65. The van der Waals surface area contributed by atoms with Crippen LogP contribution in [-0.4, -0.2) is 56.6 Å². The molecule has 0 aliphatic carbocycles. The number of ether oxygens (including phenoxy) is 5. The van der Waals surface area contributed by atoms with Gasteiger partial charge in [0.2, 0.25) is 6.29 Å². The van der Waals surface area contributed by atoms with Gasteiger partial charge in [0, 0.05) is 6.42 Å². The molecule has 3 heterocycles. The van der Waals surface area contributed by atoms with Crippen molar-refractivity contribution >= 4 is 14.3 Å². The maximum atomic E-state index is 12.9. The number of fused-ring (bicyclic) bond motifs is 2. The van der Waals surface area contributed by atoms with Gasteiger partial charge in [-0.2, -0.15) is 0 Å². The number of hydrogen-bond acceptors (Lipinski definition) is 7. The summed E-state index contributed by atoms with van der Waals surface area (Å²) in [5.41, 5.74) is -0.973. The number of esters is 1. The monoisotopic (exact) mass is 402 g/mol. The molecule has 3 saturated heterocycles. The van der Waals surface area contributed by atoms with E-state index in [-0.39, 0.29) is 11.6 Å². The van der Waals surface area contributed by atoms with E-state index in [1.807, 2.05) is 13.8 Å². The van der Waals surface area contributed by atoms with Crippen LogP contribution in [0, 0.1) is 0 Å². The molecule has 0 N–H and O–H groups in total. The summed E-state index contributed by atoms with van der Waals surface area (Å²) in [6.45, 7) is 18.4. The summed E-state index contributed by atoms with van der Waals surface area (Å²) in [5, 5.41) is 0.0385. The molecule has 8 heteroatoms. The predicted octanol–water partition coefficient (Wildman–Crippen LogP) is 3.32. The molecular formula is C19H34O7Si. The fraction of sp³-hybridized carbons (Fsp3) is 0.947. The predicted molar refractivity (Wildman–Crippen MR) is 100 cm³/mol. The van der Waals surface area contributed by atoms with Crippen molar-refractivity contribution in [3.63, 3.8) is 0 Å². The maximum absolute atomic E-state index is 12.9. The molecule has 3 fully saturated rings. The van der Waals surface area contributed by atoms with Crippen molar-refractivity contribution in [2.24, 2.45) is 0 Å². The third kappa shape index (κ3) is 3.97. The zero-order valence-electron chi connectivity index (χ0n) is 18.0. The number of carbonyl (C=O) groups excluding carboxylic acids is 1. The highest BCUT2D eigenvalue weighted by molar-refractivity contribution is 6.74. The number of hydrogen-bond donors (Lipinski definition) is 0. The lowest BCUT2D eigenvalue weighted by Gasteiger charge is -2.40. The van der Waals surface area contributed by atoms with E-state index >= 15 is 0 Å². The molecule has 0 amide bonds. The van der Waals surface area contributed by atoms with Crippen molar-refractivity contribution in [3.8, 4) is 0 Å². The average molecular weight is 403 g/mol. The highest BCUT2D eigenvalue weighted by Crippen LogP contribution is 2.47. The molecule has 27 heavy (non-hydrogen) atoms. The van der Waals surface area contributed by atoms with Crippen molar-refractivity contribution in [3.05, 3.63) is 0 Å². The first-order chi connectivity index (χ1) is 12.1. The van der Waals surface area contributed by atoms with Crippen molar-refractivity contribution in [2.45, 2.75) is 109 Å². The Morgan fingerprint density at radius 2 is 1.70 bits per heavy atom. The molecule has 0 saturated carbocycles. The first-order valence-corrected chi connectivity index (χ1v) is 12.5. The Kier molecular flexibility index (Phi) is 4.90. The molecule has 3 aliphatic heterocycles. The topological polar surface area (TPSA) is 72.5 Å². The van der Waals surface area contributed by atoms with E-state index < -0.39 is 50.0 Å². The summed E-state index contributed by atoms with van der Waals surface area (Å²) in [7, 11) is -2.06. The number of rotatable bonds is 3. The Balaban J connectivity index is 1.91. The van der Waals surface area contributed by atoms with Crippen molar-refractivity contribution in [2.75, 3.05) is 6.61 Å². The highest BCUT2D eigenvalue weighted by atomic mass is 28.4. The Morgan fingerprint density at radius 1 is 1.07 bits per heavy atom. The zero-order chi connectivity index (χ0) is 20.5. The second kappa shape index (κ2) is 6.24. The minimum atomic E-state index is -2.06. The van der Waals surface area contributed by atoms with E-state index in [0.29, 0.717) is 6.42 Å².